The molecule has 2 rings (SSSR count). The summed E-state index contributed by atoms with van der Waals surface area (Å²) in [5.41, 5.74) is 0.331. The fourth-order valence-corrected chi connectivity index (χ4v) is 3.11. The van der Waals surface area contributed by atoms with E-state index >= 15 is 0 Å². The van der Waals surface area contributed by atoms with Crippen molar-refractivity contribution in [3.63, 3.8) is 0 Å². The average Bonchev–Trinajstić information content (AvgIpc) is 2.26. The van der Waals surface area contributed by atoms with Crippen molar-refractivity contribution < 1.29 is 12.8 Å². The monoisotopic (exact) mass is 301 g/mol. The Labute approximate surface area is 116 Å². The lowest BCUT2D eigenvalue weighted by molar-refractivity contribution is 0.542. The Balaban J connectivity index is 2.83. The fourth-order valence-electron chi connectivity index (χ4n) is 1.65. The summed E-state index contributed by atoms with van der Waals surface area (Å²) >= 11 is 5.99. The Hall–Kier alpha value is -1.20. The van der Waals surface area contributed by atoms with Crippen molar-refractivity contribution in [2.24, 2.45) is 0 Å². The number of halogens is 2. The summed E-state index contributed by atoms with van der Waals surface area (Å²) in [6, 6.07) is 3.88. The highest BCUT2D eigenvalue weighted by Gasteiger charge is 2.33. The lowest BCUT2D eigenvalue weighted by Crippen LogP contribution is -2.28. The number of fused-ring (bicyclic) bond motifs is 1. The van der Waals surface area contributed by atoms with Gasteiger partial charge in [0.05, 0.1) is 15.3 Å². The maximum Gasteiger partial charge on any atom is 0.186 e. The van der Waals surface area contributed by atoms with Gasteiger partial charge in [0.2, 0.25) is 0 Å². The highest BCUT2D eigenvalue weighted by molar-refractivity contribution is 7.92. The van der Waals surface area contributed by atoms with Crippen molar-refractivity contribution in [2.75, 3.05) is 0 Å². The van der Waals surface area contributed by atoms with Crippen molar-refractivity contribution in [1.29, 1.82) is 0 Å². The van der Waals surface area contributed by atoms with Gasteiger partial charge in [-0.1, -0.05) is 11.6 Å². The topological polar surface area (TPSA) is 47.0 Å². The van der Waals surface area contributed by atoms with Gasteiger partial charge in [-0.15, -0.1) is 0 Å². The molecule has 102 valence electrons. The molecule has 3 nitrogen and oxygen atoms in total. The van der Waals surface area contributed by atoms with Crippen LogP contribution in [0.5, 0.6) is 0 Å². The maximum absolute atomic E-state index is 14.0. The Bertz CT molecular complexity index is 751. The predicted molar refractivity (Wildman–Crippen MR) is 73.6 cm³/mol. The number of nitrogens with zero attached hydrogens (tertiary/aromatic N) is 1. The molecule has 0 fully saturated rings. The molecular formula is C13H13ClFNO2S. The van der Waals surface area contributed by atoms with Gasteiger partial charge in [0, 0.05) is 17.6 Å². The summed E-state index contributed by atoms with van der Waals surface area (Å²) in [7, 11) is -3.78. The minimum atomic E-state index is -3.78. The van der Waals surface area contributed by atoms with E-state index in [9.17, 15) is 12.8 Å². The molecule has 0 aliphatic heterocycles. The maximum atomic E-state index is 14.0. The van der Waals surface area contributed by atoms with Crippen LogP contribution < -0.4 is 0 Å². The molecule has 0 atom stereocenters. The van der Waals surface area contributed by atoms with E-state index in [1.165, 1.54) is 39.1 Å². The van der Waals surface area contributed by atoms with Gasteiger partial charge in [-0.2, -0.15) is 0 Å². The third kappa shape index (κ3) is 2.32. The third-order valence-corrected chi connectivity index (χ3v) is 5.67. The van der Waals surface area contributed by atoms with Gasteiger partial charge in [0.15, 0.2) is 9.84 Å². The van der Waals surface area contributed by atoms with Crippen molar-refractivity contribution >= 4 is 32.3 Å². The highest BCUT2D eigenvalue weighted by atomic mass is 35.5. The molecule has 0 unspecified atom stereocenters. The van der Waals surface area contributed by atoms with Crippen LogP contribution in [0.1, 0.15) is 20.8 Å². The normalized spacial score (nSPS) is 12.9. The zero-order valence-corrected chi connectivity index (χ0v) is 12.3. The van der Waals surface area contributed by atoms with Gasteiger partial charge in [-0.05, 0) is 32.9 Å². The molecule has 0 amide bonds. The molecule has 0 aliphatic rings. The second-order valence-electron chi connectivity index (χ2n) is 5.21. The van der Waals surface area contributed by atoms with Crippen molar-refractivity contribution in [2.45, 2.75) is 30.4 Å². The van der Waals surface area contributed by atoms with Crippen molar-refractivity contribution in [3.05, 3.63) is 35.2 Å². The van der Waals surface area contributed by atoms with E-state index < -0.39 is 20.4 Å². The van der Waals surface area contributed by atoms with E-state index in [4.69, 9.17) is 11.6 Å². The van der Waals surface area contributed by atoms with Crippen LogP contribution in [0.2, 0.25) is 5.02 Å². The van der Waals surface area contributed by atoms with E-state index in [1.807, 2.05) is 0 Å². The molecule has 19 heavy (non-hydrogen) atoms. The van der Waals surface area contributed by atoms with E-state index in [1.54, 1.807) is 0 Å². The minimum absolute atomic E-state index is 0.331. The fraction of sp³-hybridized carbons (Fsp3) is 0.308. The summed E-state index contributed by atoms with van der Waals surface area (Å²) in [6.45, 7) is 4.57. The second kappa shape index (κ2) is 4.42. The van der Waals surface area contributed by atoms with Crippen LogP contribution >= 0.6 is 11.6 Å². The van der Waals surface area contributed by atoms with Crippen LogP contribution in [0, 0.1) is 5.82 Å². The summed E-state index contributed by atoms with van der Waals surface area (Å²) < 4.78 is 37.6. The van der Waals surface area contributed by atoms with Crippen LogP contribution in [0.25, 0.3) is 10.9 Å². The first kappa shape index (κ1) is 14.2. The molecule has 1 aromatic carbocycles. The van der Waals surface area contributed by atoms with Gasteiger partial charge < -0.3 is 0 Å². The van der Waals surface area contributed by atoms with Crippen LogP contribution in [0.4, 0.5) is 4.39 Å². The first-order chi connectivity index (χ1) is 8.64. The SMILES string of the molecule is CC(C)(C)S(=O)(=O)c1cc2c(Cl)ccnc2cc1F. The smallest absolute Gasteiger partial charge is 0.186 e. The predicted octanol–water partition coefficient (Wildman–Crippen LogP) is 3.60. The zero-order valence-electron chi connectivity index (χ0n) is 10.7. The van der Waals surface area contributed by atoms with E-state index in [-0.39, 0.29) is 4.90 Å². The second-order valence-corrected chi connectivity index (χ2v) is 8.29. The first-order valence-corrected chi connectivity index (χ1v) is 7.49. The van der Waals surface area contributed by atoms with Crippen molar-refractivity contribution in [1.82, 2.24) is 4.98 Å². The average molecular weight is 302 g/mol. The molecule has 0 spiro atoms. The van der Waals surface area contributed by atoms with Crippen LogP contribution in [0.15, 0.2) is 29.3 Å². The number of benzene rings is 1. The molecule has 1 heterocycles. The first-order valence-electron chi connectivity index (χ1n) is 5.63. The Morgan fingerprint density at radius 2 is 1.89 bits per heavy atom. The molecule has 6 heteroatoms. The summed E-state index contributed by atoms with van der Waals surface area (Å²) in [5.74, 6) is -0.808. The number of pyridine rings is 1. The number of aromatic nitrogens is 1. The number of hydrogen-bond donors (Lipinski definition) is 0. The van der Waals surface area contributed by atoms with E-state index in [0.717, 1.165) is 6.07 Å². The molecule has 0 saturated carbocycles. The minimum Gasteiger partial charge on any atom is -0.256 e. The molecular weight excluding hydrogens is 289 g/mol. The molecule has 0 N–H and O–H groups in total. The van der Waals surface area contributed by atoms with Crippen LogP contribution in [0.3, 0.4) is 0 Å². The van der Waals surface area contributed by atoms with Gasteiger partial charge in [-0.25, -0.2) is 12.8 Å². The number of rotatable bonds is 1. The number of sulfone groups is 1. The van der Waals surface area contributed by atoms with E-state index in [2.05, 4.69) is 4.98 Å². The molecule has 0 radical (unpaired) electrons. The van der Waals surface area contributed by atoms with Crippen LogP contribution in [-0.4, -0.2) is 18.1 Å². The molecule has 0 bridgehead atoms. The lowest BCUT2D eigenvalue weighted by Gasteiger charge is -2.20. The zero-order chi connectivity index (χ0) is 14.4. The molecule has 0 saturated heterocycles. The van der Waals surface area contributed by atoms with Gasteiger partial charge >= 0.3 is 0 Å². The van der Waals surface area contributed by atoms with Crippen molar-refractivity contribution in [3.8, 4) is 0 Å². The summed E-state index contributed by atoms with van der Waals surface area (Å²) in [5, 5.41) is 0.767. The highest BCUT2D eigenvalue weighted by Crippen LogP contribution is 2.31. The van der Waals surface area contributed by atoms with Crippen LogP contribution in [-0.2, 0) is 9.84 Å². The van der Waals surface area contributed by atoms with Gasteiger partial charge in [-0.3, -0.25) is 4.98 Å². The summed E-state index contributed by atoms with van der Waals surface area (Å²) in [4.78, 5) is 3.62. The molecule has 0 aliphatic carbocycles. The van der Waals surface area contributed by atoms with E-state index in [0.29, 0.717) is 15.9 Å². The largest absolute Gasteiger partial charge is 0.256 e. The third-order valence-electron chi connectivity index (χ3n) is 2.84. The van der Waals surface area contributed by atoms with Gasteiger partial charge in [0.25, 0.3) is 0 Å². The molecule has 2 aromatic rings. The Morgan fingerprint density at radius 1 is 1.26 bits per heavy atom. The Morgan fingerprint density at radius 3 is 2.47 bits per heavy atom. The quantitative estimate of drug-likeness (QED) is 0.808. The standard InChI is InChI=1S/C13H13ClFNO2S/c1-13(2,3)19(17,18)12-6-8-9(14)4-5-16-11(8)7-10(12)15/h4-7H,1-3H3. The lowest BCUT2D eigenvalue weighted by atomic mass is 10.2. The summed E-state index contributed by atoms with van der Waals surface area (Å²) in [6.07, 6.45) is 1.45. The number of hydrogen-bond acceptors (Lipinski definition) is 3. The Kier molecular flexibility index (Phi) is 3.31. The molecule has 1 aromatic heterocycles. The van der Waals surface area contributed by atoms with Gasteiger partial charge in [0.1, 0.15) is 10.7 Å².